The fourth-order valence-electron chi connectivity index (χ4n) is 4.26. The summed E-state index contributed by atoms with van der Waals surface area (Å²) in [7, 11) is 0. The largest absolute Gasteiger partial charge is 0.462 e. The van der Waals surface area contributed by atoms with Gasteiger partial charge < -0.3 is 9.15 Å². The zero-order valence-corrected chi connectivity index (χ0v) is 20.1. The van der Waals surface area contributed by atoms with Crippen LogP contribution in [0.25, 0.3) is 11.0 Å². The van der Waals surface area contributed by atoms with Crippen LogP contribution >= 0.6 is 11.3 Å². The molecule has 0 fully saturated rings. The first-order valence-corrected chi connectivity index (χ1v) is 12.0. The second-order valence-electron chi connectivity index (χ2n) is 8.12. The molecule has 9 heteroatoms. The Bertz CT molecular complexity index is 1540. The summed E-state index contributed by atoms with van der Waals surface area (Å²) in [6.45, 7) is 5.59. The average Bonchev–Trinajstić information content (AvgIpc) is 3.37. The lowest BCUT2D eigenvalue weighted by molar-refractivity contribution is 0.0531. The molecule has 2 aromatic carbocycles. The first-order valence-electron chi connectivity index (χ1n) is 11.2. The van der Waals surface area contributed by atoms with Crippen LogP contribution in [0.2, 0.25) is 0 Å². The van der Waals surface area contributed by atoms with Crippen LogP contribution in [0.3, 0.4) is 0 Å². The number of ether oxygens (including phenoxy) is 1. The van der Waals surface area contributed by atoms with Crippen molar-refractivity contribution >= 4 is 39.3 Å². The molecule has 0 N–H and O–H groups in total. The number of aryl methyl sites for hydroxylation is 2. The second-order valence-corrected chi connectivity index (χ2v) is 9.10. The molecule has 1 atom stereocenters. The second kappa shape index (κ2) is 8.74. The summed E-state index contributed by atoms with van der Waals surface area (Å²) in [4.78, 5) is 45.7. The minimum atomic E-state index is -0.854. The topological polar surface area (TPSA) is 89.7 Å². The van der Waals surface area contributed by atoms with E-state index in [-0.39, 0.29) is 38.9 Å². The first-order chi connectivity index (χ1) is 16.8. The summed E-state index contributed by atoms with van der Waals surface area (Å²) in [6, 6.07) is 10.3. The van der Waals surface area contributed by atoms with Gasteiger partial charge in [-0.15, -0.1) is 0 Å². The van der Waals surface area contributed by atoms with Gasteiger partial charge in [-0.2, -0.15) is 0 Å². The molecule has 1 aliphatic heterocycles. The summed E-state index contributed by atoms with van der Waals surface area (Å²) in [6.07, 6.45) is 0.824. The van der Waals surface area contributed by atoms with Gasteiger partial charge in [0.25, 0.3) is 5.91 Å². The number of amides is 1. The summed E-state index contributed by atoms with van der Waals surface area (Å²) in [5.74, 6) is -1.79. The van der Waals surface area contributed by atoms with E-state index in [0.29, 0.717) is 11.3 Å². The minimum absolute atomic E-state index is 0.0520. The molecule has 0 unspecified atom stereocenters. The molecule has 0 saturated carbocycles. The first kappa shape index (κ1) is 22.9. The highest BCUT2D eigenvalue weighted by molar-refractivity contribution is 7.17. The smallest absolute Gasteiger partial charge is 0.350 e. The number of hydrogen-bond acceptors (Lipinski definition) is 7. The number of rotatable bonds is 5. The van der Waals surface area contributed by atoms with Gasteiger partial charge in [0.05, 0.1) is 29.3 Å². The third-order valence-electron chi connectivity index (χ3n) is 5.99. The van der Waals surface area contributed by atoms with Crippen LogP contribution in [0.15, 0.2) is 51.7 Å². The number of esters is 1. The van der Waals surface area contributed by atoms with Crippen molar-refractivity contribution in [1.29, 1.82) is 0 Å². The molecule has 0 radical (unpaired) electrons. The van der Waals surface area contributed by atoms with Crippen molar-refractivity contribution < 1.29 is 23.1 Å². The zero-order chi connectivity index (χ0) is 24.9. The molecule has 5 rings (SSSR count). The van der Waals surface area contributed by atoms with Crippen LogP contribution in [0.5, 0.6) is 0 Å². The molecule has 1 aliphatic rings. The molecule has 0 saturated heterocycles. The van der Waals surface area contributed by atoms with Crippen molar-refractivity contribution in [3.05, 3.63) is 91.5 Å². The predicted octanol–water partition coefficient (Wildman–Crippen LogP) is 5.19. The number of aromatic nitrogens is 1. The maximum absolute atomic E-state index is 14.0. The summed E-state index contributed by atoms with van der Waals surface area (Å²) in [5, 5.41) is 0.289. The van der Waals surface area contributed by atoms with Crippen molar-refractivity contribution in [3.8, 4) is 0 Å². The fourth-order valence-corrected chi connectivity index (χ4v) is 5.25. The standard InChI is InChI=1S/C26H21FN2O5S/c1-4-14-6-8-15(9-7-14)20-19-21(30)17-12-16(27)10-11-18(17)34-22(19)24(31)29(20)26-28-13(3)23(35-26)25(32)33-5-2/h6-12,20H,4-5H2,1-3H3/t20-/m1/s1. The third-order valence-corrected chi connectivity index (χ3v) is 7.12. The molecule has 2 aromatic heterocycles. The number of halogens is 1. The SMILES string of the molecule is CCOC(=O)c1sc(N2C(=O)c3oc4ccc(F)cc4c(=O)c3[C@H]2c2ccc(CC)cc2)nc1C. The van der Waals surface area contributed by atoms with Crippen molar-refractivity contribution in [2.45, 2.75) is 33.2 Å². The maximum atomic E-state index is 14.0. The van der Waals surface area contributed by atoms with Crippen molar-refractivity contribution in [1.82, 2.24) is 4.98 Å². The Kier molecular flexibility index (Phi) is 5.72. The quantitative estimate of drug-likeness (QED) is 0.357. The van der Waals surface area contributed by atoms with Crippen LogP contribution < -0.4 is 10.3 Å². The van der Waals surface area contributed by atoms with E-state index in [0.717, 1.165) is 29.4 Å². The zero-order valence-electron chi connectivity index (χ0n) is 19.3. The number of hydrogen-bond donors (Lipinski definition) is 0. The van der Waals surface area contributed by atoms with Crippen molar-refractivity contribution in [3.63, 3.8) is 0 Å². The molecule has 1 amide bonds. The van der Waals surface area contributed by atoms with Gasteiger partial charge in [0.15, 0.2) is 10.6 Å². The molecule has 35 heavy (non-hydrogen) atoms. The van der Waals surface area contributed by atoms with Crippen LogP contribution in [0.4, 0.5) is 9.52 Å². The molecular weight excluding hydrogens is 471 g/mol. The Labute approximate surface area is 203 Å². The number of benzene rings is 2. The van der Waals surface area contributed by atoms with Gasteiger partial charge in [0.2, 0.25) is 5.76 Å². The monoisotopic (exact) mass is 492 g/mol. The lowest BCUT2D eigenvalue weighted by atomic mass is 9.97. The van der Waals surface area contributed by atoms with Crippen molar-refractivity contribution in [2.24, 2.45) is 0 Å². The van der Waals surface area contributed by atoms with Gasteiger partial charge in [0.1, 0.15) is 16.3 Å². The number of fused-ring (bicyclic) bond motifs is 2. The highest BCUT2D eigenvalue weighted by Gasteiger charge is 2.45. The van der Waals surface area contributed by atoms with Crippen LogP contribution in [-0.2, 0) is 11.2 Å². The number of carbonyl (C=O) groups excluding carboxylic acids is 2. The van der Waals surface area contributed by atoms with E-state index in [1.807, 2.05) is 31.2 Å². The van der Waals surface area contributed by atoms with Crippen molar-refractivity contribution in [2.75, 3.05) is 11.5 Å². The number of nitrogens with zero attached hydrogens (tertiary/aromatic N) is 2. The highest BCUT2D eigenvalue weighted by Crippen LogP contribution is 2.43. The summed E-state index contributed by atoms with van der Waals surface area (Å²) >= 11 is 1.01. The van der Waals surface area contributed by atoms with E-state index >= 15 is 0 Å². The summed E-state index contributed by atoms with van der Waals surface area (Å²) < 4.78 is 24.9. The van der Waals surface area contributed by atoms with E-state index in [4.69, 9.17) is 9.15 Å². The van der Waals surface area contributed by atoms with E-state index in [2.05, 4.69) is 4.98 Å². The Hall–Kier alpha value is -3.85. The third kappa shape index (κ3) is 3.72. The lowest BCUT2D eigenvalue weighted by Gasteiger charge is -2.22. The van der Waals surface area contributed by atoms with E-state index in [1.165, 1.54) is 17.0 Å². The molecule has 0 spiro atoms. The number of carbonyl (C=O) groups is 2. The average molecular weight is 493 g/mol. The van der Waals surface area contributed by atoms with Crippen LogP contribution in [0.1, 0.15) is 62.5 Å². The predicted molar refractivity (Wildman–Crippen MR) is 130 cm³/mol. The highest BCUT2D eigenvalue weighted by atomic mass is 32.1. The fraction of sp³-hybridized carbons (Fsp3) is 0.231. The number of anilines is 1. The van der Waals surface area contributed by atoms with Gasteiger partial charge in [-0.3, -0.25) is 14.5 Å². The summed E-state index contributed by atoms with van der Waals surface area (Å²) in [5.41, 5.74) is 1.92. The van der Waals surface area contributed by atoms with Gasteiger partial charge in [-0.25, -0.2) is 14.2 Å². The lowest BCUT2D eigenvalue weighted by Crippen LogP contribution is -2.29. The van der Waals surface area contributed by atoms with Gasteiger partial charge in [0, 0.05) is 0 Å². The molecule has 0 bridgehead atoms. The molecular formula is C26H21FN2O5S. The minimum Gasteiger partial charge on any atom is -0.462 e. The van der Waals surface area contributed by atoms with E-state index in [1.54, 1.807) is 13.8 Å². The normalized spacial score (nSPS) is 15.0. The Morgan fingerprint density at radius 2 is 1.91 bits per heavy atom. The number of thiazole rings is 1. The Balaban J connectivity index is 1.74. The van der Waals surface area contributed by atoms with Crippen LogP contribution in [-0.4, -0.2) is 23.5 Å². The molecule has 3 heterocycles. The van der Waals surface area contributed by atoms with Gasteiger partial charge in [-0.1, -0.05) is 42.5 Å². The molecule has 7 nitrogen and oxygen atoms in total. The molecule has 4 aromatic rings. The Morgan fingerprint density at radius 1 is 1.17 bits per heavy atom. The maximum Gasteiger partial charge on any atom is 0.350 e. The molecule has 178 valence electrons. The van der Waals surface area contributed by atoms with E-state index < -0.39 is 29.2 Å². The van der Waals surface area contributed by atoms with Gasteiger partial charge in [-0.05, 0) is 49.6 Å². The van der Waals surface area contributed by atoms with E-state index in [9.17, 15) is 18.8 Å². The molecule has 0 aliphatic carbocycles. The van der Waals surface area contributed by atoms with Crippen LogP contribution in [0, 0.1) is 12.7 Å². The Morgan fingerprint density at radius 3 is 2.60 bits per heavy atom. The van der Waals surface area contributed by atoms with Gasteiger partial charge >= 0.3 is 5.97 Å².